The predicted molar refractivity (Wildman–Crippen MR) is 106 cm³/mol. The summed E-state index contributed by atoms with van der Waals surface area (Å²) in [5.41, 5.74) is 0.712. The number of rotatable bonds is 6. The first kappa shape index (κ1) is 19.9. The lowest BCUT2D eigenvalue weighted by molar-refractivity contribution is -0.132. The number of carbonyl (C=O) groups is 1. The zero-order valence-electron chi connectivity index (χ0n) is 15.0. The van der Waals surface area contributed by atoms with Crippen molar-refractivity contribution in [2.24, 2.45) is 0 Å². The molecule has 0 spiro atoms. The van der Waals surface area contributed by atoms with E-state index in [1.165, 1.54) is 12.1 Å². The highest BCUT2D eigenvalue weighted by Crippen LogP contribution is 2.24. The van der Waals surface area contributed by atoms with Crippen LogP contribution in [0.15, 0.2) is 59.5 Å². The zero-order valence-corrected chi connectivity index (χ0v) is 16.5. The van der Waals surface area contributed by atoms with Gasteiger partial charge in [-0.05, 0) is 49.1 Å². The fourth-order valence-electron chi connectivity index (χ4n) is 3.22. The van der Waals surface area contributed by atoms with Crippen LogP contribution in [0, 0.1) is 0 Å². The van der Waals surface area contributed by atoms with Gasteiger partial charge in [0, 0.05) is 24.5 Å². The molecule has 0 saturated carbocycles. The number of halogens is 1. The minimum atomic E-state index is -3.75. The van der Waals surface area contributed by atoms with Gasteiger partial charge >= 0.3 is 0 Å². The van der Waals surface area contributed by atoms with E-state index in [-0.39, 0.29) is 17.2 Å². The third kappa shape index (κ3) is 5.31. The number of amides is 1. The third-order valence-corrected chi connectivity index (χ3v) is 6.45. The number of nitrogens with zero attached hydrogens (tertiary/aromatic N) is 1. The van der Waals surface area contributed by atoms with E-state index in [1.807, 2.05) is 4.90 Å². The average Bonchev–Trinajstić information content (AvgIpc) is 2.69. The van der Waals surface area contributed by atoms with Gasteiger partial charge in [0.1, 0.15) is 0 Å². The molecule has 1 amide bonds. The maximum atomic E-state index is 12.8. The Labute approximate surface area is 165 Å². The summed E-state index contributed by atoms with van der Waals surface area (Å²) in [5, 5.41) is 0.561. The molecule has 0 aromatic heterocycles. The first-order valence-electron chi connectivity index (χ1n) is 9.06. The van der Waals surface area contributed by atoms with Crippen LogP contribution in [0.25, 0.3) is 0 Å². The highest BCUT2D eigenvalue weighted by molar-refractivity contribution is 7.89. The molecular formula is C20H23ClN2O3S. The van der Waals surface area contributed by atoms with Gasteiger partial charge in [-0.2, -0.15) is 0 Å². The molecule has 2 aromatic carbocycles. The van der Waals surface area contributed by atoms with Crippen molar-refractivity contribution < 1.29 is 13.2 Å². The number of carbonyl (C=O) groups excluding carboxylic acids is 1. The summed E-state index contributed by atoms with van der Waals surface area (Å²) in [6, 6.07) is 14.4. The van der Waals surface area contributed by atoms with Gasteiger partial charge in [0.25, 0.3) is 0 Å². The smallest absolute Gasteiger partial charge is 0.241 e. The number of hydrogen-bond acceptors (Lipinski definition) is 3. The zero-order chi connectivity index (χ0) is 19.3. The van der Waals surface area contributed by atoms with Crippen molar-refractivity contribution in [1.82, 2.24) is 9.62 Å². The second-order valence-corrected chi connectivity index (χ2v) is 8.83. The van der Waals surface area contributed by atoms with Crippen molar-refractivity contribution in [3.8, 4) is 0 Å². The molecule has 1 aliphatic rings. The third-order valence-electron chi connectivity index (χ3n) is 4.71. The Bertz CT molecular complexity index is 864. The Morgan fingerprint density at radius 1 is 1.00 bits per heavy atom. The normalized spacial score (nSPS) is 16.1. The maximum Gasteiger partial charge on any atom is 0.241 e. The van der Waals surface area contributed by atoms with E-state index in [4.69, 9.17) is 11.6 Å². The lowest BCUT2D eigenvalue weighted by Crippen LogP contribution is -2.39. The largest absolute Gasteiger partial charge is 0.343 e. The predicted octanol–water partition coefficient (Wildman–Crippen LogP) is 3.76. The van der Waals surface area contributed by atoms with Crippen LogP contribution >= 0.6 is 11.6 Å². The van der Waals surface area contributed by atoms with Gasteiger partial charge in [0.05, 0.1) is 10.9 Å². The van der Waals surface area contributed by atoms with Crippen molar-refractivity contribution in [3.05, 3.63) is 65.2 Å². The Balaban J connectivity index is 1.83. The van der Waals surface area contributed by atoms with Crippen LogP contribution in [0.2, 0.25) is 5.02 Å². The van der Waals surface area contributed by atoms with Crippen molar-refractivity contribution >= 4 is 27.5 Å². The number of likely N-dealkylation sites (tertiary alicyclic amines) is 1. The van der Waals surface area contributed by atoms with Gasteiger partial charge in [0.15, 0.2) is 0 Å². The van der Waals surface area contributed by atoms with Crippen LogP contribution in [0.4, 0.5) is 0 Å². The monoisotopic (exact) mass is 406 g/mol. The topological polar surface area (TPSA) is 66.5 Å². The molecule has 7 heteroatoms. The summed E-state index contributed by atoms with van der Waals surface area (Å²) >= 11 is 5.96. The molecule has 5 nitrogen and oxygen atoms in total. The highest BCUT2D eigenvalue weighted by atomic mass is 35.5. The van der Waals surface area contributed by atoms with Crippen LogP contribution in [-0.4, -0.2) is 32.3 Å². The first-order valence-corrected chi connectivity index (χ1v) is 10.9. The summed E-state index contributed by atoms with van der Waals surface area (Å²) in [7, 11) is -3.75. The Morgan fingerprint density at radius 3 is 2.26 bits per heavy atom. The van der Waals surface area contributed by atoms with E-state index in [1.54, 1.807) is 42.5 Å². The summed E-state index contributed by atoms with van der Waals surface area (Å²) < 4.78 is 28.3. The van der Waals surface area contributed by atoms with Crippen LogP contribution in [-0.2, 0) is 14.8 Å². The van der Waals surface area contributed by atoms with Crippen LogP contribution in [0.1, 0.15) is 37.3 Å². The van der Waals surface area contributed by atoms with Gasteiger partial charge in [-0.15, -0.1) is 0 Å². The minimum Gasteiger partial charge on any atom is -0.343 e. The molecule has 0 bridgehead atoms. The average molecular weight is 407 g/mol. The summed E-state index contributed by atoms with van der Waals surface area (Å²) in [6.07, 6.45) is 3.19. The molecule has 144 valence electrons. The van der Waals surface area contributed by atoms with Gasteiger partial charge in [0.2, 0.25) is 15.9 Å². The molecule has 2 aromatic rings. The maximum absolute atomic E-state index is 12.8. The van der Waals surface area contributed by atoms with E-state index >= 15 is 0 Å². The molecular weight excluding hydrogens is 384 g/mol. The lowest BCUT2D eigenvalue weighted by Gasteiger charge is -2.29. The molecule has 3 rings (SSSR count). The van der Waals surface area contributed by atoms with E-state index in [2.05, 4.69) is 4.72 Å². The molecule has 1 atom stereocenters. The van der Waals surface area contributed by atoms with E-state index in [0.29, 0.717) is 10.6 Å². The van der Waals surface area contributed by atoms with Gasteiger partial charge < -0.3 is 4.90 Å². The fourth-order valence-corrected chi connectivity index (χ4v) is 4.60. The van der Waals surface area contributed by atoms with Crippen LogP contribution in [0.5, 0.6) is 0 Å². The van der Waals surface area contributed by atoms with Crippen molar-refractivity contribution in [2.45, 2.75) is 36.6 Å². The highest BCUT2D eigenvalue weighted by Gasteiger charge is 2.26. The fraction of sp³-hybridized carbons (Fsp3) is 0.350. The Hall–Kier alpha value is -1.89. The summed E-state index contributed by atoms with van der Waals surface area (Å²) in [6.45, 7) is 1.47. The van der Waals surface area contributed by atoms with Crippen LogP contribution < -0.4 is 4.72 Å². The Kier molecular flexibility index (Phi) is 6.52. The molecule has 1 N–H and O–H groups in total. The first-order chi connectivity index (χ1) is 13.0. The molecule has 1 heterocycles. The van der Waals surface area contributed by atoms with Crippen molar-refractivity contribution in [2.75, 3.05) is 13.1 Å². The number of sulfonamides is 1. The van der Waals surface area contributed by atoms with Gasteiger partial charge in [-0.3, -0.25) is 4.79 Å². The van der Waals surface area contributed by atoms with Gasteiger partial charge in [-0.1, -0.05) is 41.9 Å². The molecule has 0 radical (unpaired) electrons. The van der Waals surface area contributed by atoms with E-state index in [9.17, 15) is 13.2 Å². The number of piperidine rings is 1. The quantitative estimate of drug-likeness (QED) is 0.794. The van der Waals surface area contributed by atoms with E-state index in [0.717, 1.165) is 32.4 Å². The van der Waals surface area contributed by atoms with Crippen molar-refractivity contribution in [1.29, 1.82) is 0 Å². The van der Waals surface area contributed by atoms with E-state index < -0.39 is 16.1 Å². The van der Waals surface area contributed by atoms with Crippen LogP contribution in [0.3, 0.4) is 0 Å². The SMILES string of the molecule is O=C(CC(NS(=O)(=O)c1ccccc1)c1ccc(Cl)cc1)N1CCCCC1. The molecule has 0 aliphatic carbocycles. The minimum absolute atomic E-state index is 0.0367. The molecule has 1 aliphatic heterocycles. The standard InChI is InChI=1S/C20H23ClN2O3S/c21-17-11-9-16(10-12-17)19(15-20(24)23-13-5-2-6-14-23)22-27(25,26)18-7-3-1-4-8-18/h1,3-4,7-12,19,22H,2,5-6,13-15H2. The molecule has 1 unspecified atom stereocenters. The second kappa shape index (κ2) is 8.87. The molecule has 27 heavy (non-hydrogen) atoms. The Morgan fingerprint density at radius 2 is 1.63 bits per heavy atom. The van der Waals surface area contributed by atoms with Gasteiger partial charge in [-0.25, -0.2) is 13.1 Å². The lowest BCUT2D eigenvalue weighted by atomic mass is 10.0. The molecule has 1 saturated heterocycles. The number of nitrogens with one attached hydrogen (secondary N) is 1. The number of hydrogen-bond donors (Lipinski definition) is 1. The molecule has 1 fully saturated rings. The summed E-state index contributed by atoms with van der Waals surface area (Å²) in [5.74, 6) is -0.0367. The second-order valence-electron chi connectivity index (χ2n) is 6.68. The van der Waals surface area contributed by atoms with Crippen molar-refractivity contribution in [3.63, 3.8) is 0 Å². The number of benzene rings is 2. The summed E-state index contributed by atoms with van der Waals surface area (Å²) in [4.78, 5) is 14.7.